The summed E-state index contributed by atoms with van der Waals surface area (Å²) in [6, 6.07) is 5.05. The maximum Gasteiger partial charge on any atom is 0.220 e. The highest BCUT2D eigenvalue weighted by Gasteiger charge is 2.10. The predicted molar refractivity (Wildman–Crippen MR) is 75.1 cm³/mol. The number of halogens is 1. The van der Waals surface area contributed by atoms with Crippen molar-refractivity contribution in [1.29, 1.82) is 0 Å². The number of carbonyl (C=O) groups excluding carboxylic acids is 1. The number of aliphatic hydroxyl groups excluding tert-OH is 2. The summed E-state index contributed by atoms with van der Waals surface area (Å²) in [6.45, 7) is -0.535. The molecule has 1 rings (SSSR count). The number of carbonyl (C=O) groups is 1. The molecule has 0 saturated carbocycles. The van der Waals surface area contributed by atoms with Crippen molar-refractivity contribution in [2.24, 2.45) is 0 Å². The molecule has 0 fully saturated rings. The average molecular weight is 332 g/mol. The SMILES string of the molecule is COc1ccc(CCC(=O)NC(CO)CO)cc1Br. The van der Waals surface area contributed by atoms with Gasteiger partial charge in [0.2, 0.25) is 5.91 Å². The Bertz CT molecular complexity index is 421. The molecule has 0 spiro atoms. The van der Waals surface area contributed by atoms with Gasteiger partial charge in [0.1, 0.15) is 5.75 Å². The number of nitrogens with one attached hydrogen (secondary N) is 1. The van der Waals surface area contributed by atoms with E-state index in [-0.39, 0.29) is 19.1 Å². The van der Waals surface area contributed by atoms with E-state index in [1.54, 1.807) is 7.11 Å². The van der Waals surface area contributed by atoms with E-state index < -0.39 is 6.04 Å². The first kappa shape index (κ1) is 15.9. The van der Waals surface area contributed by atoms with Gasteiger partial charge in [0.15, 0.2) is 0 Å². The van der Waals surface area contributed by atoms with Crippen molar-refractivity contribution in [1.82, 2.24) is 5.32 Å². The van der Waals surface area contributed by atoms with Crippen molar-refractivity contribution in [3.05, 3.63) is 28.2 Å². The number of amides is 1. The third kappa shape index (κ3) is 5.18. The lowest BCUT2D eigenvalue weighted by Crippen LogP contribution is -2.40. The van der Waals surface area contributed by atoms with Gasteiger partial charge in [-0.05, 0) is 40.0 Å². The van der Waals surface area contributed by atoms with Crippen LogP contribution in [0.15, 0.2) is 22.7 Å². The number of aryl methyl sites for hydroxylation is 1. The Kier molecular flexibility index (Phi) is 6.83. The van der Waals surface area contributed by atoms with Crippen LogP contribution in [0.25, 0.3) is 0 Å². The van der Waals surface area contributed by atoms with Crippen LogP contribution in [-0.2, 0) is 11.2 Å². The number of ether oxygens (including phenoxy) is 1. The number of aliphatic hydroxyl groups is 2. The number of hydrogen-bond acceptors (Lipinski definition) is 4. The predicted octanol–water partition coefficient (Wildman–Crippen LogP) is 0.860. The van der Waals surface area contributed by atoms with Crippen LogP contribution in [-0.4, -0.2) is 42.5 Å². The molecule has 6 heteroatoms. The minimum Gasteiger partial charge on any atom is -0.496 e. The fourth-order valence-corrected chi connectivity index (χ4v) is 2.16. The van der Waals surface area contributed by atoms with Gasteiger partial charge in [-0.25, -0.2) is 0 Å². The van der Waals surface area contributed by atoms with Crippen molar-refractivity contribution < 1.29 is 19.7 Å². The van der Waals surface area contributed by atoms with E-state index in [2.05, 4.69) is 21.2 Å². The molecule has 1 aromatic rings. The maximum absolute atomic E-state index is 11.6. The van der Waals surface area contributed by atoms with Crippen LogP contribution in [0, 0.1) is 0 Å². The molecule has 0 atom stereocenters. The Morgan fingerprint density at radius 1 is 1.42 bits per heavy atom. The summed E-state index contributed by atoms with van der Waals surface area (Å²) in [5.74, 6) is 0.550. The monoisotopic (exact) mass is 331 g/mol. The van der Waals surface area contributed by atoms with E-state index >= 15 is 0 Å². The Balaban J connectivity index is 2.48. The van der Waals surface area contributed by atoms with Crippen molar-refractivity contribution >= 4 is 21.8 Å². The largest absolute Gasteiger partial charge is 0.496 e. The van der Waals surface area contributed by atoms with Crippen LogP contribution < -0.4 is 10.1 Å². The zero-order valence-electron chi connectivity index (χ0n) is 10.7. The van der Waals surface area contributed by atoms with Crippen molar-refractivity contribution in [2.75, 3.05) is 20.3 Å². The summed E-state index contributed by atoms with van der Waals surface area (Å²) in [4.78, 5) is 11.6. The molecule has 0 aromatic heterocycles. The third-order valence-electron chi connectivity index (χ3n) is 2.66. The van der Waals surface area contributed by atoms with Crippen LogP contribution in [0.2, 0.25) is 0 Å². The Morgan fingerprint density at radius 3 is 2.63 bits per heavy atom. The van der Waals surface area contributed by atoms with Gasteiger partial charge in [0.25, 0.3) is 0 Å². The van der Waals surface area contributed by atoms with E-state index in [0.717, 1.165) is 15.8 Å². The fourth-order valence-electron chi connectivity index (χ4n) is 1.57. The highest BCUT2D eigenvalue weighted by molar-refractivity contribution is 9.10. The highest BCUT2D eigenvalue weighted by Crippen LogP contribution is 2.25. The zero-order valence-corrected chi connectivity index (χ0v) is 12.3. The third-order valence-corrected chi connectivity index (χ3v) is 3.28. The molecule has 0 radical (unpaired) electrons. The standard InChI is InChI=1S/C13H18BrNO4/c1-19-12-4-2-9(6-11(12)14)3-5-13(18)15-10(7-16)8-17/h2,4,6,10,16-17H,3,5,7-8H2,1H3,(H,15,18). The average Bonchev–Trinajstić information content (AvgIpc) is 2.42. The molecule has 0 aliphatic heterocycles. The second-order valence-corrected chi connectivity index (χ2v) is 4.95. The normalized spacial score (nSPS) is 10.6. The first-order valence-electron chi connectivity index (χ1n) is 5.94. The Hall–Kier alpha value is -1.11. The molecule has 1 aromatic carbocycles. The summed E-state index contributed by atoms with van der Waals surface area (Å²) in [5, 5.41) is 20.3. The second-order valence-electron chi connectivity index (χ2n) is 4.10. The van der Waals surface area contributed by atoms with E-state index in [1.165, 1.54) is 0 Å². The molecule has 0 saturated heterocycles. The number of methoxy groups -OCH3 is 1. The van der Waals surface area contributed by atoms with Gasteiger partial charge < -0.3 is 20.3 Å². The quantitative estimate of drug-likeness (QED) is 0.692. The van der Waals surface area contributed by atoms with E-state index in [4.69, 9.17) is 14.9 Å². The topological polar surface area (TPSA) is 78.8 Å². The maximum atomic E-state index is 11.6. The smallest absolute Gasteiger partial charge is 0.220 e. The molecule has 1 amide bonds. The first-order valence-corrected chi connectivity index (χ1v) is 6.73. The van der Waals surface area contributed by atoms with Crippen LogP contribution in [0.3, 0.4) is 0 Å². The van der Waals surface area contributed by atoms with Crippen LogP contribution in [0.1, 0.15) is 12.0 Å². The summed E-state index contributed by atoms with van der Waals surface area (Å²) in [6.07, 6.45) is 0.882. The molecule has 0 bridgehead atoms. The molecule has 5 nitrogen and oxygen atoms in total. The summed E-state index contributed by atoms with van der Waals surface area (Å²) in [5.41, 5.74) is 1.01. The first-order chi connectivity index (χ1) is 9.10. The van der Waals surface area contributed by atoms with Gasteiger partial charge in [0.05, 0.1) is 30.8 Å². The summed E-state index contributed by atoms with van der Waals surface area (Å²) >= 11 is 3.39. The number of rotatable bonds is 7. The molecule has 3 N–H and O–H groups in total. The van der Waals surface area contributed by atoms with E-state index in [9.17, 15) is 4.79 Å². The molecular weight excluding hydrogens is 314 g/mol. The Morgan fingerprint density at radius 2 is 2.11 bits per heavy atom. The van der Waals surface area contributed by atoms with Gasteiger partial charge in [-0.2, -0.15) is 0 Å². The van der Waals surface area contributed by atoms with Crippen molar-refractivity contribution in [3.8, 4) is 5.75 Å². The van der Waals surface area contributed by atoms with Gasteiger partial charge in [-0.1, -0.05) is 6.07 Å². The molecule has 0 unspecified atom stereocenters. The van der Waals surface area contributed by atoms with Crippen LogP contribution in [0.4, 0.5) is 0 Å². The number of hydrogen-bond donors (Lipinski definition) is 3. The van der Waals surface area contributed by atoms with E-state index in [1.807, 2.05) is 18.2 Å². The molecule has 0 heterocycles. The van der Waals surface area contributed by atoms with Crippen molar-refractivity contribution in [3.63, 3.8) is 0 Å². The fraction of sp³-hybridized carbons (Fsp3) is 0.462. The zero-order chi connectivity index (χ0) is 14.3. The van der Waals surface area contributed by atoms with Gasteiger partial charge in [-0.3, -0.25) is 4.79 Å². The lowest BCUT2D eigenvalue weighted by atomic mass is 10.1. The summed E-state index contributed by atoms with van der Waals surface area (Å²) < 4.78 is 5.97. The van der Waals surface area contributed by atoms with Crippen LogP contribution >= 0.6 is 15.9 Å². The second kappa shape index (κ2) is 8.14. The lowest BCUT2D eigenvalue weighted by Gasteiger charge is -2.13. The van der Waals surface area contributed by atoms with E-state index in [0.29, 0.717) is 12.8 Å². The molecular formula is C13H18BrNO4. The molecule has 106 valence electrons. The molecule has 0 aliphatic rings. The minimum atomic E-state index is -0.588. The van der Waals surface area contributed by atoms with Crippen molar-refractivity contribution in [2.45, 2.75) is 18.9 Å². The molecule has 0 aliphatic carbocycles. The minimum absolute atomic E-state index is 0.194. The molecule has 19 heavy (non-hydrogen) atoms. The van der Waals surface area contributed by atoms with Crippen LogP contribution in [0.5, 0.6) is 5.75 Å². The van der Waals surface area contributed by atoms with Gasteiger partial charge in [-0.15, -0.1) is 0 Å². The lowest BCUT2D eigenvalue weighted by molar-refractivity contribution is -0.122. The number of benzene rings is 1. The Labute approximate surface area is 120 Å². The highest BCUT2D eigenvalue weighted by atomic mass is 79.9. The van der Waals surface area contributed by atoms with Gasteiger partial charge in [0, 0.05) is 6.42 Å². The summed E-state index contributed by atoms with van der Waals surface area (Å²) in [7, 11) is 1.59. The van der Waals surface area contributed by atoms with Gasteiger partial charge >= 0.3 is 0 Å².